The third-order valence-electron chi connectivity index (χ3n) is 5.03. The van der Waals surface area contributed by atoms with E-state index in [1.54, 1.807) is 19.2 Å². The molecule has 0 radical (unpaired) electrons. The van der Waals surface area contributed by atoms with Crippen molar-refractivity contribution in [2.45, 2.75) is 51.9 Å². The molecule has 0 saturated carbocycles. The molecule has 1 heterocycles. The first-order chi connectivity index (χ1) is 15.5. The molecule has 1 N–H and O–H groups in total. The van der Waals surface area contributed by atoms with Gasteiger partial charge < -0.3 is 19.5 Å². The van der Waals surface area contributed by atoms with E-state index in [9.17, 15) is 9.59 Å². The minimum absolute atomic E-state index is 0.0360. The van der Waals surface area contributed by atoms with Gasteiger partial charge in [-0.2, -0.15) is 0 Å². The molecule has 1 aromatic carbocycles. The third kappa shape index (κ3) is 7.51. The highest BCUT2D eigenvalue weighted by Crippen LogP contribution is 2.25. The van der Waals surface area contributed by atoms with E-state index in [4.69, 9.17) is 14.2 Å². The number of unbranched alkanes of at least 4 members (excludes halogenated alkanes) is 1. The van der Waals surface area contributed by atoms with E-state index in [-0.39, 0.29) is 23.7 Å². The van der Waals surface area contributed by atoms with Crippen LogP contribution in [0.15, 0.2) is 42.5 Å². The molecule has 0 aliphatic carbocycles. The highest BCUT2D eigenvalue weighted by atomic mass is 16.7. The van der Waals surface area contributed by atoms with Crippen molar-refractivity contribution in [2.24, 2.45) is 0 Å². The molecule has 1 amide bonds. The van der Waals surface area contributed by atoms with Gasteiger partial charge >= 0.3 is 0 Å². The van der Waals surface area contributed by atoms with Crippen molar-refractivity contribution < 1.29 is 23.8 Å². The van der Waals surface area contributed by atoms with Gasteiger partial charge in [0.2, 0.25) is 0 Å². The van der Waals surface area contributed by atoms with Crippen LogP contribution in [0.4, 0.5) is 0 Å². The zero-order valence-corrected chi connectivity index (χ0v) is 19.4. The van der Waals surface area contributed by atoms with Crippen molar-refractivity contribution in [1.29, 1.82) is 0 Å². The fraction of sp³-hybridized carbons (Fsp3) is 0.480. The zero-order chi connectivity index (χ0) is 23.3. The third-order valence-corrected chi connectivity index (χ3v) is 5.03. The molecular formula is C25H34N2O5. The Kier molecular flexibility index (Phi) is 11.0. The second-order valence-corrected chi connectivity index (χ2v) is 7.28. The van der Waals surface area contributed by atoms with Crippen LogP contribution in [0.3, 0.4) is 0 Å². The van der Waals surface area contributed by atoms with Crippen LogP contribution in [0.5, 0.6) is 0 Å². The molecule has 0 bridgehead atoms. The van der Waals surface area contributed by atoms with Gasteiger partial charge in [0.25, 0.3) is 5.91 Å². The number of nitrogens with zero attached hydrogens (tertiary/aromatic N) is 1. The minimum Gasteiger partial charge on any atom is -0.370 e. The number of carbonyl (C=O) groups excluding carboxylic acids is 2. The Bertz CT molecular complexity index is 851. The quantitative estimate of drug-likeness (QED) is 0.266. The van der Waals surface area contributed by atoms with Gasteiger partial charge in [-0.05, 0) is 50.8 Å². The number of amides is 1. The van der Waals surface area contributed by atoms with E-state index in [0.717, 1.165) is 18.4 Å². The number of pyridine rings is 1. The van der Waals surface area contributed by atoms with Crippen molar-refractivity contribution in [3.05, 3.63) is 65.0 Å². The van der Waals surface area contributed by atoms with E-state index in [1.165, 1.54) is 7.05 Å². The second kappa shape index (κ2) is 13.7. The fourth-order valence-electron chi connectivity index (χ4n) is 3.47. The first-order valence-electron chi connectivity index (χ1n) is 11.1. The lowest BCUT2D eigenvalue weighted by molar-refractivity contribution is -0.140. The van der Waals surface area contributed by atoms with E-state index in [1.807, 2.05) is 44.2 Å². The average molecular weight is 443 g/mol. The maximum atomic E-state index is 12.9. The van der Waals surface area contributed by atoms with Crippen molar-refractivity contribution in [2.75, 3.05) is 27.4 Å². The number of methoxy groups -OCH3 is 1. The summed E-state index contributed by atoms with van der Waals surface area (Å²) in [6.07, 6.45) is 1.90. The molecule has 2 aromatic rings. The van der Waals surface area contributed by atoms with Crippen molar-refractivity contribution in [3.63, 3.8) is 0 Å². The molecular weight excluding hydrogens is 408 g/mol. The Morgan fingerprint density at radius 1 is 1.03 bits per heavy atom. The SMILES string of the molecule is CCOC(CCCCC(=O)c1cc(C(=O)NC)nc(C(OC)c2ccccc2)c1)OCC. The largest absolute Gasteiger partial charge is 0.370 e. The number of hydrogen-bond acceptors (Lipinski definition) is 6. The number of carbonyl (C=O) groups is 2. The molecule has 7 nitrogen and oxygen atoms in total. The van der Waals surface area contributed by atoms with Crippen LogP contribution < -0.4 is 5.32 Å². The first kappa shape index (κ1) is 25.6. The van der Waals surface area contributed by atoms with Crippen LogP contribution in [0.1, 0.15) is 77.7 Å². The summed E-state index contributed by atoms with van der Waals surface area (Å²) in [4.78, 5) is 29.7. The van der Waals surface area contributed by atoms with E-state index < -0.39 is 6.10 Å². The number of nitrogens with one attached hydrogen (secondary N) is 1. The predicted molar refractivity (Wildman–Crippen MR) is 123 cm³/mol. The highest BCUT2D eigenvalue weighted by molar-refractivity contribution is 5.99. The Balaban J connectivity index is 2.16. The molecule has 0 fully saturated rings. The van der Waals surface area contributed by atoms with Crippen LogP contribution in [0.25, 0.3) is 0 Å². The molecule has 1 aromatic heterocycles. The van der Waals surface area contributed by atoms with Crippen LogP contribution in [-0.2, 0) is 14.2 Å². The van der Waals surface area contributed by atoms with Gasteiger partial charge in [0.15, 0.2) is 12.1 Å². The molecule has 174 valence electrons. The molecule has 0 aliphatic heterocycles. The number of benzene rings is 1. The van der Waals surface area contributed by atoms with Gasteiger partial charge in [0.1, 0.15) is 11.8 Å². The number of aromatic nitrogens is 1. The Hall–Kier alpha value is -2.61. The van der Waals surface area contributed by atoms with E-state index in [0.29, 0.717) is 37.3 Å². The van der Waals surface area contributed by atoms with E-state index >= 15 is 0 Å². The first-order valence-corrected chi connectivity index (χ1v) is 11.1. The summed E-state index contributed by atoms with van der Waals surface area (Å²) in [5, 5.41) is 2.58. The lowest BCUT2D eigenvalue weighted by Crippen LogP contribution is -2.21. The van der Waals surface area contributed by atoms with E-state index in [2.05, 4.69) is 10.3 Å². The topological polar surface area (TPSA) is 86.8 Å². The number of ketones is 1. The Labute approximate surface area is 190 Å². The van der Waals surface area contributed by atoms with Gasteiger partial charge in [-0.25, -0.2) is 4.98 Å². The summed E-state index contributed by atoms with van der Waals surface area (Å²) in [6, 6.07) is 12.9. The maximum Gasteiger partial charge on any atom is 0.269 e. The standard InChI is InChI=1S/C25H34N2O5/c1-5-31-23(32-6-2)15-11-10-14-22(28)19-16-20(27-21(17-19)25(29)26-3)24(30-4)18-12-8-7-9-13-18/h7-9,12-13,16-17,23-24H,5-6,10-11,14-15H2,1-4H3,(H,26,29). The highest BCUT2D eigenvalue weighted by Gasteiger charge is 2.20. The Morgan fingerprint density at radius 2 is 1.72 bits per heavy atom. The fourth-order valence-corrected chi connectivity index (χ4v) is 3.47. The molecule has 1 unspecified atom stereocenters. The van der Waals surface area contributed by atoms with Gasteiger partial charge in [0.05, 0.1) is 5.69 Å². The molecule has 0 saturated heterocycles. The van der Waals surface area contributed by atoms with Gasteiger partial charge in [-0.1, -0.05) is 30.3 Å². The lowest BCUT2D eigenvalue weighted by Gasteiger charge is -2.17. The summed E-state index contributed by atoms with van der Waals surface area (Å²) in [5.41, 5.74) is 2.07. The summed E-state index contributed by atoms with van der Waals surface area (Å²) in [7, 11) is 3.12. The summed E-state index contributed by atoms with van der Waals surface area (Å²) < 4.78 is 16.8. The average Bonchev–Trinajstić information content (AvgIpc) is 2.82. The Morgan fingerprint density at radius 3 is 2.31 bits per heavy atom. The summed E-state index contributed by atoms with van der Waals surface area (Å²) in [6.45, 7) is 5.05. The molecule has 1 atom stereocenters. The number of ether oxygens (including phenoxy) is 3. The molecule has 32 heavy (non-hydrogen) atoms. The normalized spacial score (nSPS) is 12.0. The van der Waals surface area contributed by atoms with Crippen molar-refractivity contribution >= 4 is 11.7 Å². The van der Waals surface area contributed by atoms with Gasteiger partial charge in [0, 0.05) is 39.4 Å². The lowest BCUT2D eigenvalue weighted by atomic mass is 10.00. The number of rotatable bonds is 14. The van der Waals surface area contributed by atoms with Crippen LogP contribution in [-0.4, -0.2) is 50.3 Å². The summed E-state index contributed by atoms with van der Waals surface area (Å²) in [5.74, 6) is -0.383. The molecule has 2 rings (SSSR count). The predicted octanol–water partition coefficient (Wildman–Crippen LogP) is 4.32. The monoisotopic (exact) mass is 442 g/mol. The smallest absolute Gasteiger partial charge is 0.269 e. The van der Waals surface area contributed by atoms with Crippen LogP contribution >= 0.6 is 0 Å². The molecule has 7 heteroatoms. The molecule has 0 aliphatic rings. The molecule has 0 spiro atoms. The van der Waals surface area contributed by atoms with Crippen LogP contribution in [0, 0.1) is 0 Å². The van der Waals surface area contributed by atoms with Gasteiger partial charge in [-0.3, -0.25) is 9.59 Å². The number of hydrogen-bond donors (Lipinski definition) is 1. The van der Waals surface area contributed by atoms with Crippen molar-refractivity contribution in [1.82, 2.24) is 10.3 Å². The second-order valence-electron chi connectivity index (χ2n) is 7.28. The summed E-state index contributed by atoms with van der Waals surface area (Å²) >= 11 is 0. The minimum atomic E-state index is -0.481. The maximum absolute atomic E-state index is 12.9. The van der Waals surface area contributed by atoms with Crippen LogP contribution in [0.2, 0.25) is 0 Å². The van der Waals surface area contributed by atoms with Crippen molar-refractivity contribution in [3.8, 4) is 0 Å². The number of Topliss-reactive ketones (excluding diaryl/α,β-unsaturated/α-hetero) is 1. The zero-order valence-electron chi connectivity index (χ0n) is 19.4. The van der Waals surface area contributed by atoms with Gasteiger partial charge in [-0.15, -0.1) is 0 Å².